The summed E-state index contributed by atoms with van der Waals surface area (Å²) in [4.78, 5) is 14.7. The van der Waals surface area contributed by atoms with Gasteiger partial charge in [-0.1, -0.05) is 13.8 Å². The minimum Gasteiger partial charge on any atom is -0.434 e. The molecule has 0 spiro atoms. The van der Waals surface area contributed by atoms with Gasteiger partial charge in [-0.2, -0.15) is 4.98 Å². The molecule has 0 radical (unpaired) electrons. The number of carbonyl (C=O) groups is 1. The van der Waals surface area contributed by atoms with Gasteiger partial charge in [-0.05, 0) is 12.1 Å². The highest BCUT2D eigenvalue weighted by Crippen LogP contribution is 2.14. The first-order chi connectivity index (χ1) is 6.63. The molecule has 0 saturated heterocycles. The van der Waals surface area contributed by atoms with E-state index in [1.54, 1.807) is 6.92 Å². The minimum atomic E-state index is -0.830. The fourth-order valence-electron chi connectivity index (χ4n) is 0.719. The van der Waals surface area contributed by atoms with E-state index in [1.807, 2.05) is 13.8 Å². The molecule has 0 atom stereocenters. The molecule has 1 aromatic rings. The summed E-state index contributed by atoms with van der Waals surface area (Å²) in [6.07, 6.45) is -0.830. The highest BCUT2D eigenvalue weighted by Gasteiger charge is 2.14. The second kappa shape index (κ2) is 4.59. The average molecular weight is 200 g/mol. The molecular formula is C8H12N2O4. The Balaban J connectivity index is 2.55. The quantitative estimate of drug-likeness (QED) is 0.691. The topological polar surface area (TPSA) is 74.5 Å². The van der Waals surface area contributed by atoms with Gasteiger partial charge in [-0.25, -0.2) is 4.79 Å². The predicted molar refractivity (Wildman–Crippen MR) is 46.0 cm³/mol. The van der Waals surface area contributed by atoms with Crippen molar-refractivity contribution in [2.24, 2.45) is 0 Å². The summed E-state index contributed by atoms with van der Waals surface area (Å²) in [6.45, 7) is 5.70. The molecule has 78 valence electrons. The Morgan fingerprint density at radius 3 is 2.79 bits per heavy atom. The first-order valence-corrected chi connectivity index (χ1v) is 4.31. The first kappa shape index (κ1) is 10.5. The molecule has 0 aliphatic rings. The van der Waals surface area contributed by atoms with Crippen molar-refractivity contribution < 1.29 is 18.8 Å². The summed E-state index contributed by atoms with van der Waals surface area (Å²) in [5.41, 5.74) is 0. The van der Waals surface area contributed by atoms with Gasteiger partial charge in [-0.3, -0.25) is 0 Å². The molecule has 6 heteroatoms. The van der Waals surface area contributed by atoms with Crippen LogP contribution >= 0.6 is 0 Å². The van der Waals surface area contributed by atoms with E-state index >= 15 is 0 Å². The Morgan fingerprint density at radius 2 is 2.29 bits per heavy atom. The van der Waals surface area contributed by atoms with Crippen molar-refractivity contribution in [2.45, 2.75) is 26.7 Å². The van der Waals surface area contributed by atoms with E-state index in [1.165, 1.54) is 0 Å². The van der Waals surface area contributed by atoms with Crippen molar-refractivity contribution in [1.82, 2.24) is 10.1 Å². The maximum absolute atomic E-state index is 10.8. The normalized spacial score (nSPS) is 10.3. The van der Waals surface area contributed by atoms with Crippen LogP contribution in [0.2, 0.25) is 0 Å². The predicted octanol–water partition coefficient (Wildman–Crippen LogP) is 1.73. The second-order valence-electron chi connectivity index (χ2n) is 2.85. The lowest BCUT2D eigenvalue weighted by Gasteiger charge is -1.97. The molecule has 6 nitrogen and oxygen atoms in total. The summed E-state index contributed by atoms with van der Waals surface area (Å²) in [5.74, 6) is 0.520. The Hall–Kier alpha value is -1.59. The molecule has 1 aromatic heterocycles. The highest BCUT2D eigenvalue weighted by molar-refractivity contribution is 5.62. The number of rotatable bonds is 3. The number of aromatic nitrogens is 2. The van der Waals surface area contributed by atoms with Gasteiger partial charge in [0.05, 0.1) is 6.61 Å². The molecule has 0 saturated carbocycles. The molecular weight excluding hydrogens is 188 g/mol. The van der Waals surface area contributed by atoms with Gasteiger partial charge in [0.25, 0.3) is 0 Å². The number of nitrogens with zero attached hydrogens (tertiary/aromatic N) is 2. The zero-order valence-electron chi connectivity index (χ0n) is 8.31. The molecule has 0 bridgehead atoms. The highest BCUT2D eigenvalue weighted by atomic mass is 16.7. The van der Waals surface area contributed by atoms with E-state index in [0.717, 1.165) is 0 Å². The number of ether oxygens (including phenoxy) is 2. The molecule has 1 heterocycles. The van der Waals surface area contributed by atoms with Crippen molar-refractivity contribution in [3.63, 3.8) is 0 Å². The molecule has 1 rings (SSSR count). The van der Waals surface area contributed by atoms with Gasteiger partial charge in [0.15, 0.2) is 0 Å². The molecule has 0 fully saturated rings. The zero-order valence-corrected chi connectivity index (χ0v) is 8.31. The largest absolute Gasteiger partial charge is 0.516 e. The van der Waals surface area contributed by atoms with Crippen molar-refractivity contribution in [3.8, 4) is 6.01 Å². The van der Waals surface area contributed by atoms with E-state index in [4.69, 9.17) is 4.52 Å². The number of hydrogen-bond acceptors (Lipinski definition) is 6. The van der Waals surface area contributed by atoms with E-state index in [-0.39, 0.29) is 18.5 Å². The van der Waals surface area contributed by atoms with Gasteiger partial charge >= 0.3 is 12.2 Å². The van der Waals surface area contributed by atoms with E-state index < -0.39 is 6.16 Å². The van der Waals surface area contributed by atoms with Crippen LogP contribution in [0.5, 0.6) is 6.01 Å². The molecule has 0 aliphatic heterocycles. The third-order valence-corrected chi connectivity index (χ3v) is 1.35. The van der Waals surface area contributed by atoms with Crippen LogP contribution in [0.4, 0.5) is 4.79 Å². The van der Waals surface area contributed by atoms with Gasteiger partial charge in [0.1, 0.15) is 0 Å². The van der Waals surface area contributed by atoms with E-state index in [2.05, 4.69) is 19.6 Å². The molecule has 0 N–H and O–H groups in total. The summed E-state index contributed by atoms with van der Waals surface area (Å²) in [7, 11) is 0. The monoisotopic (exact) mass is 200 g/mol. The van der Waals surface area contributed by atoms with E-state index in [0.29, 0.717) is 5.89 Å². The summed E-state index contributed by atoms with van der Waals surface area (Å²) in [6, 6.07) is -0.118. The van der Waals surface area contributed by atoms with Gasteiger partial charge in [0, 0.05) is 5.92 Å². The molecule has 0 amide bonds. The van der Waals surface area contributed by atoms with E-state index in [9.17, 15) is 4.79 Å². The molecule has 0 aliphatic carbocycles. The van der Waals surface area contributed by atoms with Crippen molar-refractivity contribution >= 4 is 6.16 Å². The summed E-state index contributed by atoms with van der Waals surface area (Å²) in [5, 5.41) is 3.45. The smallest absolute Gasteiger partial charge is 0.434 e. The third kappa shape index (κ3) is 2.72. The third-order valence-electron chi connectivity index (χ3n) is 1.35. The number of carbonyl (C=O) groups excluding carboxylic acids is 1. The first-order valence-electron chi connectivity index (χ1n) is 4.31. The average Bonchev–Trinajstić information content (AvgIpc) is 2.53. The Kier molecular flexibility index (Phi) is 3.44. The lowest BCUT2D eigenvalue weighted by Crippen LogP contribution is -2.10. The molecule has 0 unspecified atom stereocenters. The van der Waals surface area contributed by atoms with Crippen molar-refractivity contribution in [3.05, 3.63) is 5.89 Å². The summed E-state index contributed by atoms with van der Waals surface area (Å²) < 4.78 is 14.0. The second-order valence-corrected chi connectivity index (χ2v) is 2.85. The van der Waals surface area contributed by atoms with Gasteiger partial charge < -0.3 is 14.0 Å². The van der Waals surface area contributed by atoms with Crippen molar-refractivity contribution in [2.75, 3.05) is 6.61 Å². The van der Waals surface area contributed by atoms with Crippen LogP contribution < -0.4 is 4.74 Å². The fraction of sp³-hybridized carbons (Fsp3) is 0.625. The number of hydrogen-bond donors (Lipinski definition) is 0. The Bertz CT molecular complexity index is 308. The Morgan fingerprint density at radius 1 is 1.57 bits per heavy atom. The minimum absolute atomic E-state index is 0.0991. The molecule has 14 heavy (non-hydrogen) atoms. The fourth-order valence-corrected chi connectivity index (χ4v) is 0.719. The lowest BCUT2D eigenvalue weighted by atomic mass is 10.2. The SMILES string of the molecule is CCOC(=O)Oc1noc(C(C)C)n1. The van der Waals surface area contributed by atoms with Crippen LogP contribution in [0.1, 0.15) is 32.6 Å². The standard InChI is InChI=1S/C8H12N2O4/c1-4-12-8(11)13-7-9-6(5(2)3)14-10-7/h5H,4H2,1-3H3. The van der Waals surface area contributed by atoms with Crippen molar-refractivity contribution in [1.29, 1.82) is 0 Å². The maximum Gasteiger partial charge on any atom is 0.516 e. The molecule has 0 aromatic carbocycles. The summed E-state index contributed by atoms with van der Waals surface area (Å²) >= 11 is 0. The van der Waals surface area contributed by atoms with Crippen LogP contribution in [0.3, 0.4) is 0 Å². The van der Waals surface area contributed by atoms with Gasteiger partial charge in [-0.15, -0.1) is 0 Å². The Labute approximate surface area is 81.2 Å². The van der Waals surface area contributed by atoms with Gasteiger partial charge in [0.2, 0.25) is 5.89 Å². The van der Waals surface area contributed by atoms with Crippen LogP contribution in [-0.4, -0.2) is 22.9 Å². The maximum atomic E-state index is 10.8. The van der Waals surface area contributed by atoms with Crippen LogP contribution in [0.25, 0.3) is 0 Å². The zero-order chi connectivity index (χ0) is 10.6. The van der Waals surface area contributed by atoms with Crippen LogP contribution in [-0.2, 0) is 4.74 Å². The lowest BCUT2D eigenvalue weighted by molar-refractivity contribution is 0.0995. The van der Waals surface area contributed by atoms with Crippen LogP contribution in [0.15, 0.2) is 4.52 Å². The van der Waals surface area contributed by atoms with Crippen LogP contribution in [0, 0.1) is 0 Å².